The number of rotatable bonds is 7. The number of benzene rings is 1. The monoisotopic (exact) mass is 366 g/mol. The molecule has 0 aliphatic carbocycles. The summed E-state index contributed by atoms with van der Waals surface area (Å²) in [6.07, 6.45) is 4.35. The van der Waals surface area contributed by atoms with Crippen LogP contribution in [0.3, 0.4) is 0 Å². The van der Waals surface area contributed by atoms with Crippen molar-refractivity contribution < 1.29 is 4.79 Å². The molecule has 0 radical (unpaired) electrons. The van der Waals surface area contributed by atoms with Crippen molar-refractivity contribution in [2.24, 2.45) is 7.05 Å². The lowest BCUT2D eigenvalue weighted by Gasteiger charge is -2.17. The van der Waals surface area contributed by atoms with E-state index in [-0.39, 0.29) is 11.9 Å². The van der Waals surface area contributed by atoms with Gasteiger partial charge in [-0.3, -0.25) is 9.48 Å². The molecule has 3 aromatic rings. The third-order valence-electron chi connectivity index (χ3n) is 4.17. The Balaban J connectivity index is 1.60. The maximum Gasteiger partial charge on any atom is 0.251 e. The van der Waals surface area contributed by atoms with Crippen molar-refractivity contribution in [2.75, 3.05) is 0 Å². The van der Waals surface area contributed by atoms with Gasteiger partial charge < -0.3 is 5.32 Å². The summed E-state index contributed by atoms with van der Waals surface area (Å²) in [6, 6.07) is 15.5. The molecular formula is C20H22N4OS. The van der Waals surface area contributed by atoms with E-state index in [9.17, 15) is 4.79 Å². The van der Waals surface area contributed by atoms with E-state index in [1.165, 1.54) is 0 Å². The second-order valence-electron chi connectivity index (χ2n) is 5.97. The fourth-order valence-electron chi connectivity index (χ4n) is 2.69. The van der Waals surface area contributed by atoms with Gasteiger partial charge in [-0.05, 0) is 42.3 Å². The molecule has 1 unspecified atom stereocenters. The van der Waals surface area contributed by atoms with E-state index in [4.69, 9.17) is 0 Å². The Morgan fingerprint density at radius 3 is 2.58 bits per heavy atom. The van der Waals surface area contributed by atoms with Crippen molar-refractivity contribution in [1.82, 2.24) is 20.1 Å². The summed E-state index contributed by atoms with van der Waals surface area (Å²) >= 11 is 1.68. The minimum absolute atomic E-state index is 0.0469. The van der Waals surface area contributed by atoms with Gasteiger partial charge in [0.1, 0.15) is 0 Å². The fraction of sp³-hybridized carbons (Fsp3) is 0.250. The van der Waals surface area contributed by atoms with Crippen molar-refractivity contribution >= 4 is 17.7 Å². The number of amides is 1. The van der Waals surface area contributed by atoms with Crippen molar-refractivity contribution in [2.45, 2.75) is 30.2 Å². The lowest BCUT2D eigenvalue weighted by molar-refractivity contribution is 0.0934. The molecule has 26 heavy (non-hydrogen) atoms. The minimum Gasteiger partial charge on any atom is -0.344 e. The van der Waals surface area contributed by atoms with Crippen LogP contribution < -0.4 is 5.32 Å². The van der Waals surface area contributed by atoms with Crippen LogP contribution in [0.15, 0.2) is 66.0 Å². The first-order valence-corrected chi connectivity index (χ1v) is 9.57. The highest BCUT2D eigenvalue weighted by atomic mass is 32.2. The summed E-state index contributed by atoms with van der Waals surface area (Å²) in [6.45, 7) is 2.05. The van der Waals surface area contributed by atoms with Gasteiger partial charge in [-0.25, -0.2) is 4.98 Å². The molecule has 1 N–H and O–H groups in total. The van der Waals surface area contributed by atoms with Crippen molar-refractivity contribution in [1.29, 1.82) is 0 Å². The summed E-state index contributed by atoms with van der Waals surface area (Å²) in [5, 5.41) is 8.27. The molecule has 2 aromatic heterocycles. The van der Waals surface area contributed by atoms with Crippen LogP contribution in [0.5, 0.6) is 0 Å². The summed E-state index contributed by atoms with van der Waals surface area (Å²) in [5.41, 5.74) is 2.83. The third-order valence-corrected chi connectivity index (χ3v) is 5.18. The number of pyridine rings is 1. The molecule has 5 nitrogen and oxygen atoms in total. The highest BCUT2D eigenvalue weighted by Crippen LogP contribution is 2.21. The van der Waals surface area contributed by atoms with Crippen LogP contribution in [0.4, 0.5) is 0 Å². The van der Waals surface area contributed by atoms with E-state index in [2.05, 4.69) is 22.3 Å². The second kappa shape index (κ2) is 8.67. The zero-order valence-corrected chi connectivity index (χ0v) is 15.7. The second-order valence-corrected chi connectivity index (χ2v) is 6.96. The Morgan fingerprint density at radius 2 is 1.96 bits per heavy atom. The summed E-state index contributed by atoms with van der Waals surface area (Å²) in [4.78, 5) is 16.9. The summed E-state index contributed by atoms with van der Waals surface area (Å²) < 4.78 is 1.80. The summed E-state index contributed by atoms with van der Waals surface area (Å²) in [5.74, 6) is 0.757. The topological polar surface area (TPSA) is 59.8 Å². The average molecular weight is 366 g/mol. The number of hydrogen-bond acceptors (Lipinski definition) is 4. The first-order chi connectivity index (χ1) is 12.7. The van der Waals surface area contributed by atoms with Gasteiger partial charge in [0.05, 0.1) is 16.8 Å². The zero-order chi connectivity index (χ0) is 18.4. The third kappa shape index (κ3) is 4.52. The predicted octanol–water partition coefficient (Wildman–Crippen LogP) is 3.99. The van der Waals surface area contributed by atoms with Gasteiger partial charge in [-0.1, -0.05) is 25.1 Å². The number of carbonyl (C=O) groups is 1. The van der Waals surface area contributed by atoms with Crippen molar-refractivity contribution in [3.05, 3.63) is 77.7 Å². The molecule has 0 saturated carbocycles. The molecule has 0 bridgehead atoms. The van der Waals surface area contributed by atoms with Crippen LogP contribution in [-0.4, -0.2) is 20.7 Å². The molecule has 0 spiro atoms. The highest BCUT2D eigenvalue weighted by Gasteiger charge is 2.16. The van der Waals surface area contributed by atoms with Crippen LogP contribution in [-0.2, 0) is 12.8 Å². The molecule has 0 aliphatic rings. The molecular weight excluding hydrogens is 344 g/mol. The Hall–Kier alpha value is -2.60. The van der Waals surface area contributed by atoms with Crippen LogP contribution in [0, 0.1) is 0 Å². The summed E-state index contributed by atoms with van der Waals surface area (Å²) in [7, 11) is 1.89. The molecule has 0 fully saturated rings. The van der Waals surface area contributed by atoms with Gasteiger partial charge in [0.2, 0.25) is 0 Å². The van der Waals surface area contributed by atoms with Gasteiger partial charge in [-0.15, -0.1) is 11.8 Å². The number of hydrogen-bond donors (Lipinski definition) is 1. The molecule has 0 aliphatic heterocycles. The average Bonchev–Trinajstić information content (AvgIpc) is 3.11. The van der Waals surface area contributed by atoms with E-state index in [0.29, 0.717) is 5.56 Å². The van der Waals surface area contributed by atoms with E-state index in [1.54, 1.807) is 28.8 Å². The SMILES string of the molecule is CCC(NC(=O)c1ccc(CSc2ccccn2)cc1)c1ccnn1C. The molecule has 2 heterocycles. The normalized spacial score (nSPS) is 11.9. The number of aryl methyl sites for hydroxylation is 1. The molecule has 1 aromatic carbocycles. The van der Waals surface area contributed by atoms with Gasteiger partial charge in [-0.2, -0.15) is 5.10 Å². The number of nitrogens with zero attached hydrogens (tertiary/aromatic N) is 3. The van der Waals surface area contributed by atoms with Crippen LogP contribution >= 0.6 is 11.8 Å². The van der Waals surface area contributed by atoms with E-state index < -0.39 is 0 Å². The van der Waals surface area contributed by atoms with Crippen LogP contribution in [0.25, 0.3) is 0 Å². The minimum atomic E-state index is -0.0676. The standard InChI is InChI=1S/C20H22N4OS/c1-3-17(18-11-13-22-24(18)2)23-20(25)16-9-7-15(8-10-16)14-26-19-6-4-5-12-21-19/h4-13,17H,3,14H2,1-2H3,(H,23,25). The van der Waals surface area contributed by atoms with Gasteiger partial charge in [0.15, 0.2) is 0 Å². The number of thioether (sulfide) groups is 1. The smallest absolute Gasteiger partial charge is 0.251 e. The maximum atomic E-state index is 12.6. The zero-order valence-electron chi connectivity index (χ0n) is 14.9. The first-order valence-electron chi connectivity index (χ1n) is 8.59. The fourth-order valence-corrected chi connectivity index (χ4v) is 3.51. The predicted molar refractivity (Wildman–Crippen MR) is 104 cm³/mol. The van der Waals surface area contributed by atoms with Crippen LogP contribution in [0.2, 0.25) is 0 Å². The molecule has 6 heteroatoms. The van der Waals surface area contributed by atoms with Crippen LogP contribution in [0.1, 0.15) is 41.0 Å². The van der Waals surface area contributed by atoms with Gasteiger partial charge in [0.25, 0.3) is 5.91 Å². The number of carbonyl (C=O) groups excluding carboxylic acids is 1. The Morgan fingerprint density at radius 1 is 1.15 bits per heavy atom. The molecule has 3 rings (SSSR count). The number of aromatic nitrogens is 3. The maximum absolute atomic E-state index is 12.6. The largest absolute Gasteiger partial charge is 0.344 e. The molecule has 0 saturated heterocycles. The molecule has 1 atom stereocenters. The lowest BCUT2D eigenvalue weighted by Crippen LogP contribution is -2.29. The molecule has 134 valence electrons. The van der Waals surface area contributed by atoms with Crippen molar-refractivity contribution in [3.63, 3.8) is 0 Å². The van der Waals surface area contributed by atoms with Gasteiger partial charge in [0, 0.05) is 30.8 Å². The quantitative estimate of drug-likeness (QED) is 0.642. The first kappa shape index (κ1) is 18.2. The Labute approximate surface area is 157 Å². The Kier molecular flexibility index (Phi) is 6.07. The van der Waals surface area contributed by atoms with E-state index in [1.807, 2.05) is 55.6 Å². The van der Waals surface area contributed by atoms with Gasteiger partial charge >= 0.3 is 0 Å². The molecule has 1 amide bonds. The van der Waals surface area contributed by atoms with Crippen molar-refractivity contribution in [3.8, 4) is 0 Å². The van der Waals surface area contributed by atoms with E-state index >= 15 is 0 Å². The number of nitrogens with one attached hydrogen (secondary N) is 1. The highest BCUT2D eigenvalue weighted by molar-refractivity contribution is 7.98. The Bertz CT molecular complexity index is 846. The van der Waals surface area contributed by atoms with E-state index in [0.717, 1.165) is 28.5 Å². The lowest BCUT2D eigenvalue weighted by atomic mass is 10.1.